The van der Waals surface area contributed by atoms with Crippen LogP contribution in [-0.4, -0.2) is 31.6 Å². The van der Waals surface area contributed by atoms with Gasteiger partial charge in [0.05, 0.1) is 5.56 Å². The molecule has 108 valence electrons. The van der Waals surface area contributed by atoms with Crippen molar-refractivity contribution >= 4 is 0 Å². The molecular weight excluding hydrogens is 253 g/mol. The second-order valence-corrected chi connectivity index (χ2v) is 5.60. The lowest BCUT2D eigenvalue weighted by molar-refractivity contribution is 0.211. The maximum Gasteiger partial charge on any atom is 0.145 e. The normalized spacial score (nSPS) is 17.1. The molecule has 0 saturated carbocycles. The summed E-state index contributed by atoms with van der Waals surface area (Å²) >= 11 is 0. The van der Waals surface area contributed by atoms with E-state index in [9.17, 15) is 4.39 Å². The van der Waals surface area contributed by atoms with Gasteiger partial charge in [-0.05, 0) is 57.9 Å². The molecule has 2 rings (SSSR count). The van der Waals surface area contributed by atoms with Gasteiger partial charge in [-0.1, -0.05) is 12.1 Å². The van der Waals surface area contributed by atoms with Crippen LogP contribution in [0.4, 0.5) is 4.39 Å². The summed E-state index contributed by atoms with van der Waals surface area (Å²) in [4.78, 5) is 2.37. The fourth-order valence-electron chi connectivity index (χ4n) is 2.68. The number of hydrogen-bond acceptors (Lipinski definition) is 3. The van der Waals surface area contributed by atoms with Crippen molar-refractivity contribution in [3.8, 4) is 6.07 Å². The molecule has 0 radical (unpaired) electrons. The first-order valence-corrected chi connectivity index (χ1v) is 7.27. The van der Waals surface area contributed by atoms with E-state index in [1.165, 1.54) is 32.0 Å². The van der Waals surface area contributed by atoms with Crippen molar-refractivity contribution in [1.29, 1.82) is 5.26 Å². The van der Waals surface area contributed by atoms with Crippen molar-refractivity contribution in [2.24, 2.45) is 5.92 Å². The number of piperidine rings is 1. The average molecular weight is 275 g/mol. The van der Waals surface area contributed by atoms with Crippen LogP contribution in [-0.2, 0) is 6.54 Å². The molecule has 1 aromatic carbocycles. The SMILES string of the molecule is CN1CCC(CCNCc2cccc(C#N)c2F)CC1. The monoisotopic (exact) mass is 275 g/mol. The third kappa shape index (κ3) is 4.03. The van der Waals surface area contributed by atoms with Crippen molar-refractivity contribution in [3.63, 3.8) is 0 Å². The van der Waals surface area contributed by atoms with Crippen LogP contribution in [0.1, 0.15) is 30.4 Å². The Morgan fingerprint density at radius 3 is 2.85 bits per heavy atom. The summed E-state index contributed by atoms with van der Waals surface area (Å²) in [5, 5.41) is 12.1. The van der Waals surface area contributed by atoms with E-state index in [-0.39, 0.29) is 11.4 Å². The smallest absolute Gasteiger partial charge is 0.145 e. The second kappa shape index (κ2) is 7.37. The molecule has 1 fully saturated rings. The zero-order valence-corrected chi connectivity index (χ0v) is 12.0. The van der Waals surface area contributed by atoms with E-state index in [0.717, 1.165) is 18.9 Å². The number of hydrogen-bond donors (Lipinski definition) is 1. The van der Waals surface area contributed by atoms with Gasteiger partial charge >= 0.3 is 0 Å². The summed E-state index contributed by atoms with van der Waals surface area (Å²) in [7, 11) is 2.17. The highest BCUT2D eigenvalue weighted by Gasteiger charge is 2.16. The maximum atomic E-state index is 13.8. The number of halogens is 1. The Morgan fingerprint density at radius 2 is 2.15 bits per heavy atom. The molecule has 1 heterocycles. The molecule has 0 unspecified atom stereocenters. The van der Waals surface area contributed by atoms with Crippen LogP contribution in [0.2, 0.25) is 0 Å². The molecule has 0 aromatic heterocycles. The first-order chi connectivity index (χ1) is 9.70. The van der Waals surface area contributed by atoms with Gasteiger partial charge in [0.15, 0.2) is 0 Å². The van der Waals surface area contributed by atoms with Gasteiger partial charge in [0.1, 0.15) is 11.9 Å². The molecule has 3 nitrogen and oxygen atoms in total. The van der Waals surface area contributed by atoms with Gasteiger partial charge in [0.2, 0.25) is 0 Å². The third-order valence-electron chi connectivity index (χ3n) is 4.08. The Balaban J connectivity index is 1.72. The number of rotatable bonds is 5. The number of nitriles is 1. The Morgan fingerprint density at radius 1 is 1.40 bits per heavy atom. The van der Waals surface area contributed by atoms with Crippen molar-refractivity contribution in [3.05, 3.63) is 35.1 Å². The van der Waals surface area contributed by atoms with Gasteiger partial charge in [0.25, 0.3) is 0 Å². The molecule has 0 amide bonds. The molecule has 0 spiro atoms. The lowest BCUT2D eigenvalue weighted by atomic mass is 9.94. The standard InChI is InChI=1S/C16H22FN3/c1-20-9-6-13(7-10-20)5-8-19-12-15-4-2-3-14(11-18)16(15)17/h2-4,13,19H,5-10,12H2,1H3. The lowest BCUT2D eigenvalue weighted by Crippen LogP contribution is -2.31. The summed E-state index contributed by atoms with van der Waals surface area (Å²) in [5.74, 6) is 0.399. The highest BCUT2D eigenvalue weighted by molar-refractivity contribution is 5.34. The minimum atomic E-state index is -0.387. The first kappa shape index (κ1) is 15.0. The van der Waals surface area contributed by atoms with E-state index >= 15 is 0 Å². The Kier molecular flexibility index (Phi) is 5.51. The van der Waals surface area contributed by atoms with Crippen LogP contribution in [0.25, 0.3) is 0 Å². The predicted octanol–water partition coefficient (Wildman–Crippen LogP) is 2.52. The fraction of sp³-hybridized carbons (Fsp3) is 0.562. The average Bonchev–Trinajstić information content (AvgIpc) is 2.47. The van der Waals surface area contributed by atoms with Crippen molar-refractivity contribution < 1.29 is 4.39 Å². The molecule has 1 aromatic rings. The molecule has 1 aliphatic heterocycles. The summed E-state index contributed by atoms with van der Waals surface area (Å²) in [6.45, 7) is 3.77. The molecule has 1 N–H and O–H groups in total. The van der Waals surface area contributed by atoms with E-state index in [1.54, 1.807) is 12.1 Å². The number of nitrogens with one attached hydrogen (secondary N) is 1. The van der Waals surface area contributed by atoms with Crippen LogP contribution in [0.15, 0.2) is 18.2 Å². The summed E-state index contributed by atoms with van der Waals surface area (Å²) in [5.41, 5.74) is 0.701. The molecule has 0 aliphatic carbocycles. The van der Waals surface area contributed by atoms with E-state index in [1.807, 2.05) is 6.07 Å². The molecule has 0 bridgehead atoms. The molecule has 1 saturated heterocycles. The van der Waals surface area contributed by atoms with Gasteiger partial charge in [-0.3, -0.25) is 0 Å². The van der Waals surface area contributed by atoms with Gasteiger partial charge in [-0.2, -0.15) is 5.26 Å². The van der Waals surface area contributed by atoms with Crippen LogP contribution in [0, 0.1) is 23.1 Å². The molecular formula is C16H22FN3. The number of nitrogens with zero attached hydrogens (tertiary/aromatic N) is 2. The Hall–Kier alpha value is -1.44. The predicted molar refractivity (Wildman–Crippen MR) is 77.7 cm³/mol. The molecule has 20 heavy (non-hydrogen) atoms. The minimum Gasteiger partial charge on any atom is -0.313 e. The lowest BCUT2D eigenvalue weighted by Gasteiger charge is -2.28. The number of benzene rings is 1. The molecule has 4 heteroatoms. The quantitative estimate of drug-likeness (QED) is 0.839. The van der Waals surface area contributed by atoms with Crippen molar-refractivity contribution in [2.45, 2.75) is 25.8 Å². The van der Waals surface area contributed by atoms with Crippen LogP contribution in [0.3, 0.4) is 0 Å². The second-order valence-electron chi connectivity index (χ2n) is 5.60. The van der Waals surface area contributed by atoms with E-state index in [2.05, 4.69) is 17.3 Å². The first-order valence-electron chi connectivity index (χ1n) is 7.27. The van der Waals surface area contributed by atoms with Crippen molar-refractivity contribution in [1.82, 2.24) is 10.2 Å². The topological polar surface area (TPSA) is 39.1 Å². The van der Waals surface area contributed by atoms with E-state index < -0.39 is 0 Å². The zero-order valence-electron chi connectivity index (χ0n) is 12.0. The highest BCUT2D eigenvalue weighted by atomic mass is 19.1. The van der Waals surface area contributed by atoms with E-state index in [4.69, 9.17) is 5.26 Å². The summed E-state index contributed by atoms with van der Waals surface area (Å²) < 4.78 is 13.8. The third-order valence-corrected chi connectivity index (χ3v) is 4.08. The summed E-state index contributed by atoms with van der Waals surface area (Å²) in [6, 6.07) is 6.85. The Bertz CT molecular complexity index is 473. The minimum absolute atomic E-state index is 0.125. The Labute approximate surface area is 120 Å². The van der Waals surface area contributed by atoms with Gasteiger partial charge in [0, 0.05) is 12.1 Å². The van der Waals surface area contributed by atoms with Crippen molar-refractivity contribution in [2.75, 3.05) is 26.7 Å². The molecule has 1 aliphatic rings. The van der Waals surface area contributed by atoms with Crippen LogP contribution >= 0.6 is 0 Å². The van der Waals surface area contributed by atoms with Crippen LogP contribution in [0.5, 0.6) is 0 Å². The number of likely N-dealkylation sites (tertiary alicyclic amines) is 1. The highest BCUT2D eigenvalue weighted by Crippen LogP contribution is 2.19. The molecule has 0 atom stereocenters. The van der Waals surface area contributed by atoms with Gasteiger partial charge in [-0.15, -0.1) is 0 Å². The van der Waals surface area contributed by atoms with Gasteiger partial charge < -0.3 is 10.2 Å². The fourth-order valence-corrected chi connectivity index (χ4v) is 2.68. The maximum absolute atomic E-state index is 13.8. The van der Waals surface area contributed by atoms with Crippen LogP contribution < -0.4 is 5.32 Å². The van der Waals surface area contributed by atoms with E-state index in [0.29, 0.717) is 12.1 Å². The summed E-state index contributed by atoms with van der Waals surface area (Å²) in [6.07, 6.45) is 3.67. The van der Waals surface area contributed by atoms with Gasteiger partial charge in [-0.25, -0.2) is 4.39 Å². The zero-order chi connectivity index (χ0) is 14.4. The largest absolute Gasteiger partial charge is 0.313 e.